The summed E-state index contributed by atoms with van der Waals surface area (Å²) in [7, 11) is 0. The van der Waals surface area contributed by atoms with Crippen LogP contribution in [0.3, 0.4) is 0 Å². The number of carbonyl (C=O) groups is 2. The Bertz CT molecular complexity index is 359. The van der Waals surface area contributed by atoms with Crippen molar-refractivity contribution in [2.24, 2.45) is 11.1 Å². The summed E-state index contributed by atoms with van der Waals surface area (Å²) in [6.45, 7) is 5.12. The molecule has 3 N–H and O–H groups in total. The fraction of sp³-hybridized carbons (Fsp3) is 0.846. The van der Waals surface area contributed by atoms with Gasteiger partial charge in [-0.3, -0.25) is 9.59 Å². The molecule has 1 aliphatic heterocycles. The molecule has 0 atom stereocenters. The van der Waals surface area contributed by atoms with Crippen LogP contribution in [-0.4, -0.2) is 41.9 Å². The highest BCUT2D eigenvalue weighted by molar-refractivity contribution is 5.94. The maximum Gasteiger partial charge on any atom is 0.245 e. The number of nitrogens with two attached hydrogens (primary N) is 1. The van der Waals surface area contributed by atoms with Gasteiger partial charge >= 0.3 is 0 Å². The molecule has 2 amide bonds. The van der Waals surface area contributed by atoms with E-state index in [1.807, 2.05) is 0 Å². The SMILES string of the molecule is CC1(C)C(=O)NCCN1C(=O)C1(CN)CCCC1. The standard InChI is InChI=1S/C13H23N3O2/c1-12(2)10(17)15-7-8-16(12)11(18)13(9-14)5-3-4-6-13/h3-9,14H2,1-2H3,(H,15,17). The molecule has 1 saturated carbocycles. The Kier molecular flexibility index (Phi) is 3.36. The summed E-state index contributed by atoms with van der Waals surface area (Å²) < 4.78 is 0. The highest BCUT2D eigenvalue weighted by Gasteiger charge is 2.49. The van der Waals surface area contributed by atoms with Gasteiger partial charge in [0.15, 0.2) is 0 Å². The number of nitrogens with one attached hydrogen (secondary N) is 1. The van der Waals surface area contributed by atoms with E-state index in [0.717, 1.165) is 25.7 Å². The van der Waals surface area contributed by atoms with Crippen molar-refractivity contribution in [3.8, 4) is 0 Å². The van der Waals surface area contributed by atoms with Crippen molar-refractivity contribution in [1.29, 1.82) is 0 Å². The van der Waals surface area contributed by atoms with Gasteiger partial charge in [-0.25, -0.2) is 0 Å². The fourth-order valence-electron chi connectivity index (χ4n) is 3.10. The van der Waals surface area contributed by atoms with Crippen LogP contribution in [0.15, 0.2) is 0 Å². The molecule has 5 heteroatoms. The molecule has 1 aliphatic carbocycles. The lowest BCUT2D eigenvalue weighted by atomic mass is 9.82. The average Bonchev–Trinajstić information content (AvgIpc) is 2.82. The zero-order valence-corrected chi connectivity index (χ0v) is 11.3. The zero-order chi connectivity index (χ0) is 13.4. The monoisotopic (exact) mass is 253 g/mol. The minimum absolute atomic E-state index is 0.0716. The van der Waals surface area contributed by atoms with E-state index in [-0.39, 0.29) is 11.8 Å². The van der Waals surface area contributed by atoms with E-state index in [1.165, 1.54) is 0 Å². The lowest BCUT2D eigenvalue weighted by molar-refractivity contribution is -0.156. The molecule has 0 bridgehead atoms. The van der Waals surface area contributed by atoms with Crippen molar-refractivity contribution >= 4 is 11.8 Å². The smallest absolute Gasteiger partial charge is 0.245 e. The highest BCUT2D eigenvalue weighted by atomic mass is 16.2. The molecular weight excluding hydrogens is 230 g/mol. The van der Waals surface area contributed by atoms with E-state index in [9.17, 15) is 9.59 Å². The second-order valence-electron chi connectivity index (χ2n) is 5.96. The topological polar surface area (TPSA) is 75.4 Å². The molecular formula is C13H23N3O2. The van der Waals surface area contributed by atoms with Gasteiger partial charge in [-0.1, -0.05) is 12.8 Å². The Balaban J connectivity index is 2.24. The largest absolute Gasteiger partial charge is 0.352 e. The van der Waals surface area contributed by atoms with Crippen LogP contribution < -0.4 is 11.1 Å². The molecule has 5 nitrogen and oxygen atoms in total. The molecule has 0 unspecified atom stereocenters. The molecule has 18 heavy (non-hydrogen) atoms. The van der Waals surface area contributed by atoms with Crippen LogP contribution in [0.2, 0.25) is 0 Å². The first kappa shape index (κ1) is 13.3. The van der Waals surface area contributed by atoms with Crippen LogP contribution in [0.5, 0.6) is 0 Å². The number of rotatable bonds is 2. The lowest BCUT2D eigenvalue weighted by Crippen LogP contribution is -2.66. The molecule has 2 aliphatic rings. The summed E-state index contributed by atoms with van der Waals surface area (Å²) >= 11 is 0. The van der Waals surface area contributed by atoms with E-state index in [0.29, 0.717) is 19.6 Å². The Morgan fingerprint density at radius 3 is 2.56 bits per heavy atom. The van der Waals surface area contributed by atoms with Crippen LogP contribution in [0.1, 0.15) is 39.5 Å². The molecule has 2 rings (SSSR count). The number of hydrogen-bond donors (Lipinski definition) is 2. The Labute approximate surface area is 108 Å². The number of amides is 2. The van der Waals surface area contributed by atoms with Crippen molar-refractivity contribution in [3.63, 3.8) is 0 Å². The van der Waals surface area contributed by atoms with Gasteiger partial charge in [0.25, 0.3) is 0 Å². The first-order valence-electron chi connectivity index (χ1n) is 6.74. The molecule has 0 spiro atoms. The van der Waals surface area contributed by atoms with Crippen molar-refractivity contribution in [3.05, 3.63) is 0 Å². The van der Waals surface area contributed by atoms with Crippen LogP contribution in [0.25, 0.3) is 0 Å². The lowest BCUT2D eigenvalue weighted by Gasteiger charge is -2.45. The fourth-order valence-corrected chi connectivity index (χ4v) is 3.10. The van der Waals surface area contributed by atoms with E-state index in [4.69, 9.17) is 5.73 Å². The quantitative estimate of drug-likeness (QED) is 0.740. The Hall–Kier alpha value is -1.10. The number of carbonyl (C=O) groups excluding carboxylic acids is 2. The Morgan fingerprint density at radius 1 is 1.39 bits per heavy atom. The van der Waals surface area contributed by atoms with Crippen molar-refractivity contribution in [2.75, 3.05) is 19.6 Å². The molecule has 0 radical (unpaired) electrons. The van der Waals surface area contributed by atoms with Gasteiger partial charge < -0.3 is 16.0 Å². The van der Waals surface area contributed by atoms with E-state index in [1.54, 1.807) is 18.7 Å². The summed E-state index contributed by atoms with van der Waals surface area (Å²) in [5.74, 6) is -0.00498. The maximum absolute atomic E-state index is 12.8. The number of piperazine rings is 1. The summed E-state index contributed by atoms with van der Waals surface area (Å²) in [4.78, 5) is 26.4. The third-order valence-corrected chi connectivity index (χ3v) is 4.50. The Morgan fingerprint density at radius 2 is 2.00 bits per heavy atom. The molecule has 0 aromatic rings. The van der Waals surface area contributed by atoms with E-state index in [2.05, 4.69) is 5.32 Å². The minimum Gasteiger partial charge on any atom is -0.352 e. The first-order chi connectivity index (χ1) is 8.44. The average molecular weight is 253 g/mol. The van der Waals surface area contributed by atoms with Crippen LogP contribution in [-0.2, 0) is 9.59 Å². The predicted octanol–water partition coefficient (Wildman–Crippen LogP) is 0.243. The van der Waals surface area contributed by atoms with Crippen molar-refractivity contribution in [1.82, 2.24) is 10.2 Å². The summed E-state index contributed by atoms with van der Waals surface area (Å²) in [6.07, 6.45) is 3.83. The number of nitrogens with zero attached hydrogens (tertiary/aromatic N) is 1. The van der Waals surface area contributed by atoms with Gasteiger partial charge in [0.05, 0.1) is 5.41 Å². The second-order valence-corrected chi connectivity index (χ2v) is 5.96. The van der Waals surface area contributed by atoms with Gasteiger partial charge in [-0.05, 0) is 26.7 Å². The van der Waals surface area contributed by atoms with Crippen molar-refractivity contribution in [2.45, 2.75) is 45.1 Å². The number of hydrogen-bond acceptors (Lipinski definition) is 3. The van der Waals surface area contributed by atoms with E-state index >= 15 is 0 Å². The molecule has 0 aromatic carbocycles. The predicted molar refractivity (Wildman–Crippen MR) is 68.8 cm³/mol. The normalized spacial score (nSPS) is 25.9. The summed E-state index contributed by atoms with van der Waals surface area (Å²) in [6, 6.07) is 0. The second kappa shape index (κ2) is 4.53. The van der Waals surface area contributed by atoms with Crippen LogP contribution >= 0.6 is 0 Å². The molecule has 1 heterocycles. The van der Waals surface area contributed by atoms with Crippen LogP contribution in [0, 0.1) is 5.41 Å². The highest BCUT2D eigenvalue weighted by Crippen LogP contribution is 2.40. The molecule has 2 fully saturated rings. The third-order valence-electron chi connectivity index (χ3n) is 4.50. The third kappa shape index (κ3) is 1.90. The van der Waals surface area contributed by atoms with Gasteiger partial charge in [0.2, 0.25) is 11.8 Å². The molecule has 102 valence electrons. The summed E-state index contributed by atoms with van der Waals surface area (Å²) in [5, 5.41) is 2.81. The van der Waals surface area contributed by atoms with Crippen molar-refractivity contribution < 1.29 is 9.59 Å². The maximum atomic E-state index is 12.8. The van der Waals surface area contributed by atoms with E-state index < -0.39 is 11.0 Å². The molecule has 1 saturated heterocycles. The molecule has 0 aromatic heterocycles. The van der Waals surface area contributed by atoms with Crippen LogP contribution in [0.4, 0.5) is 0 Å². The minimum atomic E-state index is -0.764. The van der Waals surface area contributed by atoms with Gasteiger partial charge in [0.1, 0.15) is 5.54 Å². The van der Waals surface area contributed by atoms with Gasteiger partial charge in [-0.15, -0.1) is 0 Å². The summed E-state index contributed by atoms with van der Waals surface area (Å²) in [5.41, 5.74) is 4.67. The van der Waals surface area contributed by atoms with Gasteiger partial charge in [0, 0.05) is 19.6 Å². The first-order valence-corrected chi connectivity index (χ1v) is 6.74. The van der Waals surface area contributed by atoms with Gasteiger partial charge in [-0.2, -0.15) is 0 Å². The zero-order valence-electron chi connectivity index (χ0n) is 11.3.